The van der Waals surface area contributed by atoms with Crippen molar-refractivity contribution in [3.05, 3.63) is 36.4 Å². The third kappa shape index (κ3) is 2.29. The van der Waals surface area contributed by atoms with Gasteiger partial charge in [-0.05, 0) is 30.5 Å². The van der Waals surface area contributed by atoms with Gasteiger partial charge in [0.1, 0.15) is 6.04 Å². The molecule has 0 unspecified atom stereocenters. The predicted molar refractivity (Wildman–Crippen MR) is 71.1 cm³/mol. The number of aliphatic carboxylic acids is 1. The Morgan fingerprint density at radius 3 is 2.68 bits per heavy atom. The molecule has 6 heteroatoms. The molecular weight excluding hydrogens is 266 g/mol. The van der Waals surface area contributed by atoms with Gasteiger partial charge < -0.3 is 5.11 Å². The summed E-state index contributed by atoms with van der Waals surface area (Å²) in [5.41, 5.74) is 1.28. The number of carboxylic acids is 1. The molecule has 0 saturated heterocycles. The van der Waals surface area contributed by atoms with Crippen molar-refractivity contribution < 1.29 is 18.3 Å². The number of hydrogen-bond acceptors (Lipinski definition) is 3. The molecule has 1 aromatic carbocycles. The molecule has 0 aromatic heterocycles. The van der Waals surface area contributed by atoms with Crippen LogP contribution in [0.15, 0.2) is 35.7 Å². The number of carbonyl (C=O) groups is 1. The van der Waals surface area contributed by atoms with Crippen LogP contribution in [0.25, 0.3) is 5.57 Å². The van der Waals surface area contributed by atoms with E-state index in [0.29, 0.717) is 17.6 Å². The largest absolute Gasteiger partial charge is 0.480 e. The van der Waals surface area contributed by atoms with Crippen molar-refractivity contribution in [2.45, 2.75) is 24.3 Å². The van der Waals surface area contributed by atoms with Gasteiger partial charge in [-0.1, -0.05) is 24.8 Å². The van der Waals surface area contributed by atoms with Crippen LogP contribution in [0, 0.1) is 0 Å². The zero-order chi connectivity index (χ0) is 14.2. The monoisotopic (exact) mass is 281 g/mol. The second-order valence-corrected chi connectivity index (χ2v) is 6.34. The summed E-state index contributed by atoms with van der Waals surface area (Å²) >= 11 is 0. The number of carboxylic acid groups (broad SMARTS) is 1. The summed E-state index contributed by atoms with van der Waals surface area (Å²) in [6, 6.07) is 5.46. The zero-order valence-corrected chi connectivity index (χ0v) is 11.4. The number of nitrogens with zero attached hydrogens (tertiary/aromatic N) is 1. The third-order valence-electron chi connectivity index (χ3n) is 3.28. The molecule has 0 radical (unpaired) electrons. The average Bonchev–Trinajstić information content (AvgIpc) is 2.46. The van der Waals surface area contributed by atoms with Crippen LogP contribution in [0.2, 0.25) is 0 Å². The maximum Gasteiger partial charge on any atom is 0.321 e. The Balaban J connectivity index is 2.61. The van der Waals surface area contributed by atoms with Crippen LogP contribution in [0.5, 0.6) is 0 Å². The van der Waals surface area contributed by atoms with Crippen molar-refractivity contribution in [2.75, 3.05) is 6.54 Å². The van der Waals surface area contributed by atoms with Crippen LogP contribution in [0.1, 0.15) is 18.9 Å². The highest BCUT2D eigenvalue weighted by Gasteiger charge is 2.36. The Morgan fingerprint density at radius 1 is 1.42 bits per heavy atom. The first kappa shape index (κ1) is 13.8. The van der Waals surface area contributed by atoms with Gasteiger partial charge in [0.05, 0.1) is 4.90 Å². The van der Waals surface area contributed by atoms with Gasteiger partial charge in [-0.3, -0.25) is 4.79 Å². The number of rotatable bonds is 2. The lowest BCUT2D eigenvalue weighted by Crippen LogP contribution is -2.43. The first-order chi connectivity index (χ1) is 8.85. The summed E-state index contributed by atoms with van der Waals surface area (Å²) in [5, 5.41) is 9.04. The van der Waals surface area contributed by atoms with E-state index in [9.17, 15) is 13.2 Å². The van der Waals surface area contributed by atoms with Crippen molar-refractivity contribution >= 4 is 21.6 Å². The number of benzene rings is 1. The molecule has 5 nitrogen and oxygen atoms in total. The van der Waals surface area contributed by atoms with Crippen LogP contribution in [-0.4, -0.2) is 36.4 Å². The molecule has 0 aliphatic carbocycles. The standard InChI is InChI=1S/C13H15NO4S/c1-9-7-8-14(10(2)13(15)16)19(17,18)12-6-4-3-5-11(9)12/h3-6,10H,1,7-8H2,2H3,(H,15,16)/t10-/m1/s1. The van der Waals surface area contributed by atoms with Gasteiger partial charge >= 0.3 is 5.97 Å². The minimum atomic E-state index is -3.80. The lowest BCUT2D eigenvalue weighted by molar-refractivity contribution is -0.140. The molecule has 0 saturated carbocycles. The van der Waals surface area contributed by atoms with E-state index >= 15 is 0 Å². The fourth-order valence-electron chi connectivity index (χ4n) is 2.13. The smallest absolute Gasteiger partial charge is 0.321 e. The highest BCUT2D eigenvalue weighted by Crippen LogP contribution is 2.32. The zero-order valence-electron chi connectivity index (χ0n) is 10.5. The molecule has 1 aromatic rings. The van der Waals surface area contributed by atoms with Crippen LogP contribution < -0.4 is 0 Å². The van der Waals surface area contributed by atoms with Crippen molar-refractivity contribution in [2.24, 2.45) is 0 Å². The van der Waals surface area contributed by atoms with E-state index in [1.807, 2.05) is 0 Å². The molecule has 2 rings (SSSR count). The van der Waals surface area contributed by atoms with E-state index in [4.69, 9.17) is 5.11 Å². The second kappa shape index (κ2) is 4.79. The lowest BCUT2D eigenvalue weighted by Gasteiger charge is -2.23. The maximum absolute atomic E-state index is 12.5. The molecule has 1 N–H and O–H groups in total. The van der Waals surface area contributed by atoms with Crippen molar-refractivity contribution in [1.82, 2.24) is 4.31 Å². The summed E-state index contributed by atoms with van der Waals surface area (Å²) in [6.45, 7) is 5.38. The molecule has 19 heavy (non-hydrogen) atoms. The van der Waals surface area contributed by atoms with E-state index in [1.165, 1.54) is 13.0 Å². The van der Waals surface area contributed by atoms with Crippen LogP contribution >= 0.6 is 0 Å². The molecule has 0 amide bonds. The highest BCUT2D eigenvalue weighted by molar-refractivity contribution is 7.89. The van der Waals surface area contributed by atoms with Crippen LogP contribution in [0.3, 0.4) is 0 Å². The third-order valence-corrected chi connectivity index (χ3v) is 5.31. The average molecular weight is 281 g/mol. The Kier molecular flexibility index (Phi) is 3.47. The van der Waals surface area contributed by atoms with Gasteiger partial charge in [0, 0.05) is 6.54 Å². The molecule has 0 bridgehead atoms. The van der Waals surface area contributed by atoms with E-state index in [-0.39, 0.29) is 11.4 Å². The molecule has 1 atom stereocenters. The number of sulfonamides is 1. The molecule has 0 spiro atoms. The summed E-state index contributed by atoms with van der Waals surface area (Å²) in [4.78, 5) is 11.2. The first-order valence-electron chi connectivity index (χ1n) is 5.87. The Bertz CT molecular complexity index is 636. The number of fused-ring (bicyclic) bond motifs is 1. The lowest BCUT2D eigenvalue weighted by atomic mass is 10.0. The Labute approximate surface area is 112 Å². The first-order valence-corrected chi connectivity index (χ1v) is 7.31. The predicted octanol–water partition coefficient (Wildman–Crippen LogP) is 1.57. The molecule has 1 aliphatic rings. The van der Waals surface area contributed by atoms with E-state index in [2.05, 4.69) is 6.58 Å². The normalized spacial score (nSPS) is 20.4. The van der Waals surface area contributed by atoms with Crippen molar-refractivity contribution in [3.8, 4) is 0 Å². The maximum atomic E-state index is 12.5. The summed E-state index contributed by atoms with van der Waals surface area (Å²) in [5.74, 6) is -1.16. The topological polar surface area (TPSA) is 74.7 Å². The van der Waals surface area contributed by atoms with Gasteiger partial charge in [-0.25, -0.2) is 8.42 Å². The van der Waals surface area contributed by atoms with E-state index in [1.54, 1.807) is 18.2 Å². The minimum absolute atomic E-state index is 0.128. The molecular formula is C13H15NO4S. The number of hydrogen-bond donors (Lipinski definition) is 1. The van der Waals surface area contributed by atoms with Gasteiger partial charge in [-0.2, -0.15) is 4.31 Å². The highest BCUT2D eigenvalue weighted by atomic mass is 32.2. The van der Waals surface area contributed by atoms with Crippen molar-refractivity contribution in [3.63, 3.8) is 0 Å². The molecule has 1 heterocycles. The molecule has 102 valence electrons. The summed E-state index contributed by atoms with van der Waals surface area (Å²) in [6.07, 6.45) is 0.424. The molecule has 1 aliphatic heterocycles. The van der Waals surface area contributed by atoms with Gasteiger partial charge in [-0.15, -0.1) is 0 Å². The van der Waals surface area contributed by atoms with Crippen LogP contribution in [-0.2, 0) is 14.8 Å². The van der Waals surface area contributed by atoms with E-state index in [0.717, 1.165) is 4.31 Å². The fraction of sp³-hybridized carbons (Fsp3) is 0.308. The second-order valence-electron chi connectivity index (χ2n) is 4.48. The Hall–Kier alpha value is -1.66. The molecule has 0 fully saturated rings. The van der Waals surface area contributed by atoms with E-state index < -0.39 is 22.0 Å². The summed E-state index contributed by atoms with van der Waals surface area (Å²) < 4.78 is 26.1. The quantitative estimate of drug-likeness (QED) is 0.893. The van der Waals surface area contributed by atoms with Gasteiger partial charge in [0.25, 0.3) is 0 Å². The minimum Gasteiger partial charge on any atom is -0.480 e. The fourth-order valence-corrected chi connectivity index (χ4v) is 3.97. The SMILES string of the molecule is C=C1CCN([C@H](C)C(=O)O)S(=O)(=O)c2ccccc21. The summed E-state index contributed by atoms with van der Waals surface area (Å²) in [7, 11) is -3.80. The Morgan fingerprint density at radius 2 is 2.05 bits per heavy atom. The van der Waals surface area contributed by atoms with Gasteiger partial charge in [0.2, 0.25) is 10.0 Å². The van der Waals surface area contributed by atoms with Crippen molar-refractivity contribution in [1.29, 1.82) is 0 Å². The van der Waals surface area contributed by atoms with Gasteiger partial charge in [0.15, 0.2) is 0 Å². The van der Waals surface area contributed by atoms with Crippen LogP contribution in [0.4, 0.5) is 0 Å².